The lowest BCUT2D eigenvalue weighted by molar-refractivity contribution is 0.541. The number of aromatic nitrogens is 2. The average molecular weight is 272 g/mol. The smallest absolute Gasteiger partial charge is 0.0878 e. The summed E-state index contributed by atoms with van der Waals surface area (Å²) >= 11 is 0. The Morgan fingerprint density at radius 2 is 2.00 bits per heavy atom. The second-order valence-corrected chi connectivity index (χ2v) is 4.93. The van der Waals surface area contributed by atoms with Crippen molar-refractivity contribution < 1.29 is 0 Å². The number of aryl methyl sites for hydroxylation is 3. The Morgan fingerprint density at radius 3 is 2.60 bits per heavy atom. The van der Waals surface area contributed by atoms with Gasteiger partial charge in [-0.2, -0.15) is 5.10 Å². The number of hydrogen-bond acceptors (Lipinski definition) is 3. The zero-order valence-electron chi connectivity index (χ0n) is 12.6. The molecule has 0 aliphatic heterocycles. The Morgan fingerprint density at radius 1 is 1.20 bits per heavy atom. The molecule has 0 fully saturated rings. The van der Waals surface area contributed by atoms with Gasteiger partial charge in [0.05, 0.1) is 17.4 Å². The van der Waals surface area contributed by atoms with Crippen molar-refractivity contribution in [3.63, 3.8) is 0 Å². The van der Waals surface area contributed by atoms with Gasteiger partial charge in [0.15, 0.2) is 0 Å². The lowest BCUT2D eigenvalue weighted by Crippen LogP contribution is -2.30. The van der Waals surface area contributed by atoms with E-state index in [1.807, 2.05) is 4.68 Å². The Bertz CT molecular complexity index is 559. The van der Waals surface area contributed by atoms with Crippen LogP contribution in [0.15, 0.2) is 30.3 Å². The van der Waals surface area contributed by atoms with Gasteiger partial charge in [-0.05, 0) is 37.0 Å². The molecule has 3 N–H and O–H groups in total. The fourth-order valence-corrected chi connectivity index (χ4v) is 2.49. The van der Waals surface area contributed by atoms with E-state index >= 15 is 0 Å². The van der Waals surface area contributed by atoms with Crippen LogP contribution in [0.1, 0.15) is 49.3 Å². The number of nitrogens with zero attached hydrogens (tertiary/aromatic N) is 2. The number of hydrogen-bond donors (Lipinski definition) is 2. The summed E-state index contributed by atoms with van der Waals surface area (Å²) in [7, 11) is 0. The second-order valence-electron chi connectivity index (χ2n) is 4.93. The highest BCUT2D eigenvalue weighted by Crippen LogP contribution is 2.23. The molecule has 2 aromatic rings. The molecule has 4 heteroatoms. The van der Waals surface area contributed by atoms with E-state index in [4.69, 9.17) is 5.84 Å². The fraction of sp³-hybridized carbons (Fsp3) is 0.438. The second kappa shape index (κ2) is 6.68. The third-order valence-corrected chi connectivity index (χ3v) is 3.68. The van der Waals surface area contributed by atoms with E-state index in [0.717, 1.165) is 30.8 Å². The number of rotatable bonds is 6. The maximum Gasteiger partial charge on any atom is 0.0878 e. The van der Waals surface area contributed by atoms with E-state index in [0.29, 0.717) is 0 Å². The van der Waals surface area contributed by atoms with Crippen LogP contribution in [-0.2, 0) is 19.4 Å². The SMILES string of the molecule is CCc1cccc(C(NN)c2cc(CC)nn2CC)c1. The van der Waals surface area contributed by atoms with Gasteiger partial charge < -0.3 is 0 Å². The van der Waals surface area contributed by atoms with Crippen molar-refractivity contribution in [1.29, 1.82) is 0 Å². The first-order chi connectivity index (χ1) is 9.73. The van der Waals surface area contributed by atoms with E-state index < -0.39 is 0 Å². The molecule has 1 aromatic carbocycles. The molecular formula is C16H24N4. The largest absolute Gasteiger partial charge is 0.271 e. The highest BCUT2D eigenvalue weighted by molar-refractivity contribution is 5.32. The van der Waals surface area contributed by atoms with Gasteiger partial charge in [0.2, 0.25) is 0 Å². The lowest BCUT2D eigenvalue weighted by atomic mass is 10.0. The van der Waals surface area contributed by atoms with E-state index in [1.165, 1.54) is 11.1 Å². The number of nitrogens with two attached hydrogens (primary N) is 1. The molecule has 0 amide bonds. The van der Waals surface area contributed by atoms with Crippen LogP contribution in [0.5, 0.6) is 0 Å². The van der Waals surface area contributed by atoms with E-state index in [-0.39, 0.29) is 6.04 Å². The van der Waals surface area contributed by atoms with Crippen molar-refractivity contribution in [2.24, 2.45) is 5.84 Å². The van der Waals surface area contributed by atoms with E-state index in [9.17, 15) is 0 Å². The first-order valence-corrected chi connectivity index (χ1v) is 7.35. The molecule has 2 rings (SSSR count). The molecule has 4 nitrogen and oxygen atoms in total. The molecule has 20 heavy (non-hydrogen) atoms. The topological polar surface area (TPSA) is 55.9 Å². The number of benzene rings is 1. The van der Waals surface area contributed by atoms with Crippen LogP contribution in [0, 0.1) is 0 Å². The Kier molecular flexibility index (Phi) is 4.93. The van der Waals surface area contributed by atoms with E-state index in [2.05, 4.69) is 61.6 Å². The minimum atomic E-state index is -0.0192. The maximum atomic E-state index is 5.81. The molecule has 0 radical (unpaired) electrons. The standard InChI is InChI=1S/C16H24N4/c1-4-12-8-7-9-13(10-12)16(18-17)15-11-14(5-2)19-20(15)6-3/h7-11,16,18H,4-6,17H2,1-3H3. The van der Waals surface area contributed by atoms with Gasteiger partial charge in [0, 0.05) is 6.54 Å². The minimum absolute atomic E-state index is 0.0192. The van der Waals surface area contributed by atoms with Gasteiger partial charge in [-0.15, -0.1) is 0 Å². The fourth-order valence-electron chi connectivity index (χ4n) is 2.49. The van der Waals surface area contributed by atoms with Crippen LogP contribution in [-0.4, -0.2) is 9.78 Å². The zero-order valence-corrected chi connectivity index (χ0v) is 12.6. The molecule has 0 aliphatic rings. The van der Waals surface area contributed by atoms with Crippen LogP contribution in [0.3, 0.4) is 0 Å². The van der Waals surface area contributed by atoms with Gasteiger partial charge in [-0.25, -0.2) is 5.43 Å². The summed E-state index contributed by atoms with van der Waals surface area (Å²) in [6.45, 7) is 7.23. The van der Waals surface area contributed by atoms with Crippen LogP contribution in [0.4, 0.5) is 0 Å². The highest BCUT2D eigenvalue weighted by Gasteiger charge is 2.18. The Balaban J connectivity index is 2.43. The molecule has 0 saturated heterocycles. The monoisotopic (exact) mass is 272 g/mol. The third kappa shape index (κ3) is 2.92. The van der Waals surface area contributed by atoms with Crippen molar-refractivity contribution in [1.82, 2.24) is 15.2 Å². The molecule has 1 atom stereocenters. The molecule has 0 saturated carbocycles. The van der Waals surface area contributed by atoms with Crippen LogP contribution >= 0.6 is 0 Å². The summed E-state index contributed by atoms with van der Waals surface area (Å²) in [5.74, 6) is 5.81. The van der Waals surface area contributed by atoms with Crippen molar-refractivity contribution in [2.75, 3.05) is 0 Å². The van der Waals surface area contributed by atoms with Crippen LogP contribution in [0.2, 0.25) is 0 Å². The molecule has 0 spiro atoms. The van der Waals surface area contributed by atoms with Gasteiger partial charge in [-0.1, -0.05) is 38.1 Å². The minimum Gasteiger partial charge on any atom is -0.271 e. The average Bonchev–Trinajstić information content (AvgIpc) is 2.91. The van der Waals surface area contributed by atoms with Crippen LogP contribution in [0.25, 0.3) is 0 Å². The molecule has 1 heterocycles. The maximum absolute atomic E-state index is 5.81. The molecule has 1 unspecified atom stereocenters. The predicted octanol–water partition coefficient (Wildman–Crippen LogP) is 2.58. The molecule has 108 valence electrons. The highest BCUT2D eigenvalue weighted by atomic mass is 15.3. The molecule has 0 bridgehead atoms. The summed E-state index contributed by atoms with van der Waals surface area (Å²) in [4.78, 5) is 0. The van der Waals surface area contributed by atoms with Gasteiger partial charge in [0.1, 0.15) is 0 Å². The van der Waals surface area contributed by atoms with E-state index in [1.54, 1.807) is 0 Å². The van der Waals surface area contributed by atoms with Gasteiger partial charge in [0.25, 0.3) is 0 Å². The lowest BCUT2D eigenvalue weighted by Gasteiger charge is -2.18. The number of nitrogens with one attached hydrogen (secondary N) is 1. The first-order valence-electron chi connectivity index (χ1n) is 7.35. The molecule has 1 aromatic heterocycles. The van der Waals surface area contributed by atoms with Crippen LogP contribution < -0.4 is 11.3 Å². The summed E-state index contributed by atoms with van der Waals surface area (Å²) in [6, 6.07) is 10.7. The molecule has 0 aliphatic carbocycles. The van der Waals surface area contributed by atoms with Crippen molar-refractivity contribution in [3.8, 4) is 0 Å². The third-order valence-electron chi connectivity index (χ3n) is 3.68. The van der Waals surface area contributed by atoms with Crippen molar-refractivity contribution >= 4 is 0 Å². The number of hydrazine groups is 1. The summed E-state index contributed by atoms with van der Waals surface area (Å²) in [5.41, 5.74) is 7.67. The first kappa shape index (κ1) is 14.8. The Labute approximate surface area is 121 Å². The van der Waals surface area contributed by atoms with Crippen molar-refractivity contribution in [2.45, 2.75) is 46.2 Å². The van der Waals surface area contributed by atoms with Gasteiger partial charge in [-0.3, -0.25) is 10.5 Å². The zero-order chi connectivity index (χ0) is 14.5. The van der Waals surface area contributed by atoms with Crippen molar-refractivity contribution in [3.05, 3.63) is 52.8 Å². The summed E-state index contributed by atoms with van der Waals surface area (Å²) in [5, 5.41) is 4.61. The summed E-state index contributed by atoms with van der Waals surface area (Å²) < 4.78 is 2.03. The quantitative estimate of drug-likeness (QED) is 0.628. The molecular weight excluding hydrogens is 248 g/mol. The summed E-state index contributed by atoms with van der Waals surface area (Å²) in [6.07, 6.45) is 1.96. The van der Waals surface area contributed by atoms with Gasteiger partial charge >= 0.3 is 0 Å². The normalized spacial score (nSPS) is 12.6. The Hall–Kier alpha value is -1.65. The predicted molar refractivity (Wildman–Crippen MR) is 82.3 cm³/mol.